The average molecular weight is 267 g/mol. The normalized spacial score (nSPS) is 22.6. The fourth-order valence-electron chi connectivity index (χ4n) is 2.89. The highest BCUT2D eigenvalue weighted by Crippen LogP contribution is 2.32. The van der Waals surface area contributed by atoms with Gasteiger partial charge in [-0.3, -0.25) is 0 Å². The second kappa shape index (κ2) is 7.65. The Kier molecular flexibility index (Phi) is 5.55. The van der Waals surface area contributed by atoms with E-state index in [0.29, 0.717) is 11.5 Å². The Balaban J connectivity index is 1.81. The molecule has 2 rings (SSSR count). The van der Waals surface area contributed by atoms with Crippen LogP contribution >= 0.6 is 0 Å². The third kappa shape index (κ3) is 4.35. The summed E-state index contributed by atoms with van der Waals surface area (Å²) in [5.74, 6) is 1.41. The maximum absolute atomic E-state index is 10.4. The molecular weight excluding hydrogens is 246 g/mol. The van der Waals surface area contributed by atoms with E-state index in [-0.39, 0.29) is 0 Å². The van der Waals surface area contributed by atoms with E-state index in [4.69, 9.17) is 5.26 Å². The lowest BCUT2D eigenvalue weighted by Gasteiger charge is -2.26. The largest absolute Gasteiger partial charge is 0.303 e. The van der Waals surface area contributed by atoms with Crippen molar-refractivity contribution in [1.82, 2.24) is 0 Å². The van der Waals surface area contributed by atoms with Crippen molar-refractivity contribution in [3.05, 3.63) is 41.5 Å². The second-order valence-corrected chi connectivity index (χ2v) is 5.62. The van der Waals surface area contributed by atoms with E-state index in [1.165, 1.54) is 25.7 Å². The zero-order valence-electron chi connectivity index (χ0n) is 11.8. The van der Waals surface area contributed by atoms with E-state index in [1.807, 2.05) is 24.3 Å². The summed E-state index contributed by atoms with van der Waals surface area (Å²) in [6, 6.07) is 9.83. The van der Waals surface area contributed by atoms with Crippen molar-refractivity contribution in [3.8, 4) is 6.07 Å². The van der Waals surface area contributed by atoms with E-state index in [0.717, 1.165) is 30.6 Å². The summed E-state index contributed by atoms with van der Waals surface area (Å²) in [6.07, 6.45) is 12.2. The van der Waals surface area contributed by atoms with Crippen LogP contribution in [0, 0.1) is 23.2 Å². The van der Waals surface area contributed by atoms with Crippen molar-refractivity contribution in [1.29, 1.82) is 5.26 Å². The number of hydrogen-bond donors (Lipinski definition) is 0. The fraction of sp³-hybridized carbons (Fsp3) is 0.444. The Labute approximate surface area is 121 Å². The first-order valence-corrected chi connectivity index (χ1v) is 7.44. The number of allylic oxidation sites excluding steroid dienone is 1. The Morgan fingerprint density at radius 3 is 2.45 bits per heavy atom. The molecule has 2 nitrogen and oxygen atoms in total. The molecule has 0 N–H and O–H groups in total. The number of benzene rings is 1. The van der Waals surface area contributed by atoms with Gasteiger partial charge >= 0.3 is 0 Å². The highest BCUT2D eigenvalue weighted by Gasteiger charge is 2.18. The van der Waals surface area contributed by atoms with Gasteiger partial charge in [-0.15, -0.1) is 0 Å². The topological polar surface area (TPSA) is 40.9 Å². The molecule has 0 saturated heterocycles. The molecule has 1 aliphatic carbocycles. The number of hydrogen-bond acceptors (Lipinski definition) is 2. The molecule has 0 spiro atoms. The Bertz CT molecular complexity index is 487. The summed E-state index contributed by atoms with van der Waals surface area (Å²) in [5.41, 5.74) is 1.87. The average Bonchev–Trinajstić information content (AvgIpc) is 2.52. The first-order chi connectivity index (χ1) is 9.81. The molecule has 1 fully saturated rings. The van der Waals surface area contributed by atoms with Gasteiger partial charge in [0.1, 0.15) is 6.29 Å². The summed E-state index contributed by atoms with van der Waals surface area (Å²) >= 11 is 0. The molecule has 0 aliphatic heterocycles. The SMILES string of the molecule is N#Cc1ccc(/C=C/[C@H]2CC[C@H](CCC=O)CC2)cc1. The van der Waals surface area contributed by atoms with E-state index in [1.54, 1.807) is 0 Å². The van der Waals surface area contributed by atoms with Crippen LogP contribution in [0.5, 0.6) is 0 Å². The fourth-order valence-corrected chi connectivity index (χ4v) is 2.89. The maximum atomic E-state index is 10.4. The summed E-state index contributed by atoms with van der Waals surface area (Å²) in [6.45, 7) is 0. The van der Waals surface area contributed by atoms with Crippen molar-refractivity contribution < 1.29 is 4.79 Å². The van der Waals surface area contributed by atoms with Crippen LogP contribution in [-0.4, -0.2) is 6.29 Å². The van der Waals surface area contributed by atoms with Crippen molar-refractivity contribution >= 4 is 12.4 Å². The first kappa shape index (κ1) is 14.5. The predicted octanol–water partition coefficient (Wildman–Crippen LogP) is 4.36. The quantitative estimate of drug-likeness (QED) is 0.744. The number of nitriles is 1. The number of carbonyl (C=O) groups is 1. The van der Waals surface area contributed by atoms with Crippen molar-refractivity contribution in [2.24, 2.45) is 11.8 Å². The summed E-state index contributed by atoms with van der Waals surface area (Å²) in [4.78, 5) is 10.4. The van der Waals surface area contributed by atoms with Gasteiger partial charge < -0.3 is 4.79 Å². The lowest BCUT2D eigenvalue weighted by molar-refractivity contribution is -0.108. The number of nitrogens with zero attached hydrogens (tertiary/aromatic N) is 1. The Hall–Kier alpha value is -1.88. The zero-order valence-corrected chi connectivity index (χ0v) is 11.8. The van der Waals surface area contributed by atoms with E-state index in [9.17, 15) is 4.79 Å². The van der Waals surface area contributed by atoms with Gasteiger partial charge in [-0.1, -0.05) is 24.3 Å². The minimum Gasteiger partial charge on any atom is -0.303 e. The van der Waals surface area contributed by atoms with Crippen LogP contribution in [0.15, 0.2) is 30.3 Å². The smallest absolute Gasteiger partial charge is 0.120 e. The minimum absolute atomic E-state index is 0.665. The highest BCUT2D eigenvalue weighted by atomic mass is 16.1. The number of aldehydes is 1. The van der Waals surface area contributed by atoms with Gasteiger partial charge in [-0.2, -0.15) is 5.26 Å². The van der Waals surface area contributed by atoms with Gasteiger partial charge in [0.2, 0.25) is 0 Å². The second-order valence-electron chi connectivity index (χ2n) is 5.62. The minimum atomic E-state index is 0.665. The molecule has 0 bridgehead atoms. The van der Waals surface area contributed by atoms with Gasteiger partial charge in [-0.05, 0) is 61.6 Å². The third-order valence-corrected chi connectivity index (χ3v) is 4.18. The van der Waals surface area contributed by atoms with Crippen LogP contribution in [-0.2, 0) is 4.79 Å². The molecule has 0 unspecified atom stereocenters. The molecule has 1 saturated carbocycles. The first-order valence-electron chi connectivity index (χ1n) is 7.44. The summed E-state index contributed by atoms with van der Waals surface area (Å²) < 4.78 is 0. The molecule has 0 amide bonds. The van der Waals surface area contributed by atoms with Crippen LogP contribution in [0.2, 0.25) is 0 Å². The van der Waals surface area contributed by atoms with Crippen LogP contribution in [0.25, 0.3) is 6.08 Å². The van der Waals surface area contributed by atoms with E-state index in [2.05, 4.69) is 18.2 Å². The molecule has 1 aromatic carbocycles. The zero-order chi connectivity index (χ0) is 14.2. The molecular formula is C18H21NO. The van der Waals surface area contributed by atoms with Crippen LogP contribution < -0.4 is 0 Å². The van der Waals surface area contributed by atoms with Crippen LogP contribution in [0.4, 0.5) is 0 Å². The molecule has 1 aromatic rings. The lowest BCUT2D eigenvalue weighted by atomic mass is 9.80. The van der Waals surface area contributed by atoms with Crippen molar-refractivity contribution in [2.75, 3.05) is 0 Å². The van der Waals surface area contributed by atoms with Crippen molar-refractivity contribution in [3.63, 3.8) is 0 Å². The molecule has 0 atom stereocenters. The lowest BCUT2D eigenvalue weighted by Crippen LogP contribution is -2.13. The monoisotopic (exact) mass is 267 g/mol. The standard InChI is InChI=1S/C18H21NO/c19-14-18-11-9-17(10-12-18)8-7-16-5-3-15(4-6-16)2-1-13-20/h7-13,15-16H,1-6H2/b8-7+/t15-,16-. The molecule has 1 aliphatic rings. The third-order valence-electron chi connectivity index (χ3n) is 4.18. The van der Waals surface area contributed by atoms with Gasteiger partial charge in [0, 0.05) is 6.42 Å². The van der Waals surface area contributed by atoms with Gasteiger partial charge in [0.15, 0.2) is 0 Å². The summed E-state index contributed by atoms with van der Waals surface area (Å²) in [7, 11) is 0. The highest BCUT2D eigenvalue weighted by molar-refractivity contribution is 5.51. The number of carbonyl (C=O) groups excluding carboxylic acids is 1. The molecule has 0 aromatic heterocycles. The summed E-state index contributed by atoms with van der Waals surface area (Å²) in [5, 5.41) is 8.76. The van der Waals surface area contributed by atoms with Gasteiger partial charge in [-0.25, -0.2) is 0 Å². The maximum Gasteiger partial charge on any atom is 0.120 e. The van der Waals surface area contributed by atoms with Gasteiger partial charge in [0.05, 0.1) is 11.6 Å². The van der Waals surface area contributed by atoms with E-state index >= 15 is 0 Å². The number of rotatable bonds is 5. The van der Waals surface area contributed by atoms with Crippen molar-refractivity contribution in [2.45, 2.75) is 38.5 Å². The molecule has 20 heavy (non-hydrogen) atoms. The Morgan fingerprint density at radius 2 is 1.85 bits per heavy atom. The predicted molar refractivity (Wildman–Crippen MR) is 80.9 cm³/mol. The van der Waals surface area contributed by atoms with Crippen LogP contribution in [0.1, 0.15) is 49.7 Å². The molecule has 0 heterocycles. The Morgan fingerprint density at radius 1 is 1.15 bits per heavy atom. The molecule has 0 radical (unpaired) electrons. The molecule has 104 valence electrons. The van der Waals surface area contributed by atoms with Gasteiger partial charge in [0.25, 0.3) is 0 Å². The molecule has 2 heteroatoms. The van der Waals surface area contributed by atoms with E-state index < -0.39 is 0 Å². The van der Waals surface area contributed by atoms with Crippen LogP contribution in [0.3, 0.4) is 0 Å².